The number of rotatable bonds is 3. The van der Waals surface area contributed by atoms with Gasteiger partial charge in [-0.25, -0.2) is 0 Å². The van der Waals surface area contributed by atoms with Gasteiger partial charge in [-0.2, -0.15) is 0 Å². The minimum absolute atomic E-state index is 0.229. The van der Waals surface area contributed by atoms with Crippen LogP contribution in [0.25, 0.3) is 0 Å². The van der Waals surface area contributed by atoms with Crippen molar-refractivity contribution >= 4 is 40.7 Å². The molecule has 1 aromatic carbocycles. The molecule has 110 valence electrons. The lowest BCUT2D eigenvalue weighted by atomic mass is 10.1. The number of halogens is 3. The Morgan fingerprint density at radius 3 is 2.25 bits per heavy atom. The summed E-state index contributed by atoms with van der Waals surface area (Å²) < 4.78 is -1.55. The Morgan fingerprint density at radius 2 is 1.70 bits per heavy atom. The van der Waals surface area contributed by atoms with E-state index in [4.69, 9.17) is 34.8 Å². The molecule has 1 aliphatic heterocycles. The van der Waals surface area contributed by atoms with Crippen molar-refractivity contribution in [2.24, 2.45) is 0 Å². The Morgan fingerprint density at radius 1 is 1.10 bits per heavy atom. The molecule has 2 rings (SSSR count). The summed E-state index contributed by atoms with van der Waals surface area (Å²) in [6, 6.07) is 8.94. The molecule has 3 nitrogen and oxygen atoms in total. The fraction of sp³-hybridized carbons (Fsp3) is 0.500. The van der Waals surface area contributed by atoms with Crippen LogP contribution in [-0.4, -0.2) is 33.9 Å². The fourth-order valence-corrected chi connectivity index (χ4v) is 2.93. The van der Waals surface area contributed by atoms with Crippen LogP contribution in [0.1, 0.15) is 29.6 Å². The normalized spacial score (nSPS) is 18.6. The second kappa shape index (κ2) is 6.99. The molecule has 0 bridgehead atoms. The molecule has 1 amide bonds. The first-order valence-corrected chi connectivity index (χ1v) is 7.78. The quantitative estimate of drug-likeness (QED) is 0.856. The first kappa shape index (κ1) is 15.9. The van der Waals surface area contributed by atoms with Crippen molar-refractivity contribution in [1.29, 1.82) is 0 Å². The molecule has 0 unspecified atom stereocenters. The molecule has 0 spiro atoms. The maximum absolute atomic E-state index is 12.2. The van der Waals surface area contributed by atoms with Crippen LogP contribution in [0, 0.1) is 0 Å². The van der Waals surface area contributed by atoms with Crippen molar-refractivity contribution in [3.63, 3.8) is 0 Å². The number of hydrogen-bond donors (Lipinski definition) is 1. The van der Waals surface area contributed by atoms with Gasteiger partial charge < -0.3 is 5.32 Å². The number of nitrogens with zero attached hydrogens (tertiary/aromatic N) is 1. The van der Waals surface area contributed by atoms with Gasteiger partial charge in [0.1, 0.15) is 6.17 Å². The predicted molar refractivity (Wildman–Crippen MR) is 83.4 cm³/mol. The Bertz CT molecular complexity index is 441. The van der Waals surface area contributed by atoms with Crippen molar-refractivity contribution < 1.29 is 4.79 Å². The zero-order valence-corrected chi connectivity index (χ0v) is 13.3. The van der Waals surface area contributed by atoms with Crippen LogP contribution in [0.3, 0.4) is 0 Å². The van der Waals surface area contributed by atoms with Gasteiger partial charge in [-0.15, -0.1) is 0 Å². The van der Waals surface area contributed by atoms with E-state index in [-0.39, 0.29) is 5.91 Å². The standard InChI is InChI=1S/C14H17Cl3N2O/c15-14(16,17)13(19-9-5-2-6-10-19)18-12(20)11-7-3-1-4-8-11/h1,3-4,7-8,13H,2,5-6,9-10H2,(H,18,20)/t13-/m0/s1. The zero-order valence-electron chi connectivity index (χ0n) is 11.0. The lowest BCUT2D eigenvalue weighted by Crippen LogP contribution is -2.56. The lowest BCUT2D eigenvalue weighted by Gasteiger charge is -2.38. The topological polar surface area (TPSA) is 32.3 Å². The van der Waals surface area contributed by atoms with E-state index in [1.807, 2.05) is 11.0 Å². The van der Waals surface area contributed by atoms with E-state index in [1.165, 1.54) is 6.42 Å². The predicted octanol–water partition coefficient (Wildman–Crippen LogP) is 3.60. The molecular formula is C14H17Cl3N2O. The lowest BCUT2D eigenvalue weighted by molar-refractivity contribution is 0.0819. The average molecular weight is 336 g/mol. The summed E-state index contributed by atoms with van der Waals surface area (Å²) >= 11 is 18.1. The van der Waals surface area contributed by atoms with Gasteiger partial charge >= 0.3 is 0 Å². The van der Waals surface area contributed by atoms with Gasteiger partial charge in [0.25, 0.3) is 5.91 Å². The van der Waals surface area contributed by atoms with Gasteiger partial charge in [0.05, 0.1) is 0 Å². The fourth-order valence-electron chi connectivity index (χ4n) is 2.35. The minimum atomic E-state index is -1.55. The monoisotopic (exact) mass is 334 g/mol. The molecule has 1 aliphatic rings. The highest BCUT2D eigenvalue weighted by Gasteiger charge is 2.38. The number of amides is 1. The largest absolute Gasteiger partial charge is 0.332 e. The highest BCUT2D eigenvalue weighted by molar-refractivity contribution is 6.68. The Balaban J connectivity index is 2.10. The van der Waals surface area contributed by atoms with Gasteiger partial charge in [0.15, 0.2) is 0 Å². The number of alkyl halides is 3. The first-order valence-electron chi connectivity index (χ1n) is 6.65. The van der Waals surface area contributed by atoms with Gasteiger partial charge in [0.2, 0.25) is 3.79 Å². The highest BCUT2D eigenvalue weighted by atomic mass is 35.6. The van der Waals surface area contributed by atoms with Crippen molar-refractivity contribution in [2.45, 2.75) is 29.2 Å². The maximum atomic E-state index is 12.2. The van der Waals surface area contributed by atoms with Crippen molar-refractivity contribution in [2.75, 3.05) is 13.1 Å². The minimum Gasteiger partial charge on any atom is -0.332 e. The first-order chi connectivity index (χ1) is 9.48. The van der Waals surface area contributed by atoms with Crippen molar-refractivity contribution in [3.8, 4) is 0 Å². The third kappa shape index (κ3) is 4.26. The summed E-state index contributed by atoms with van der Waals surface area (Å²) in [6.45, 7) is 1.65. The number of likely N-dealkylation sites (tertiary alicyclic amines) is 1. The van der Waals surface area contributed by atoms with E-state index in [1.54, 1.807) is 24.3 Å². The molecule has 6 heteroatoms. The number of benzene rings is 1. The molecule has 1 fully saturated rings. The number of piperidine rings is 1. The molecule has 1 atom stereocenters. The summed E-state index contributed by atoms with van der Waals surface area (Å²) in [7, 11) is 0. The van der Waals surface area contributed by atoms with Crippen LogP contribution >= 0.6 is 34.8 Å². The Labute approximate surface area is 134 Å². The molecule has 20 heavy (non-hydrogen) atoms. The van der Waals surface area contributed by atoms with Crippen LogP contribution in [0.5, 0.6) is 0 Å². The van der Waals surface area contributed by atoms with Gasteiger partial charge in [-0.05, 0) is 25.0 Å². The second-order valence-corrected chi connectivity index (χ2v) is 7.25. The summed E-state index contributed by atoms with van der Waals surface area (Å²) in [5.74, 6) is -0.229. The van der Waals surface area contributed by atoms with E-state index >= 15 is 0 Å². The van der Waals surface area contributed by atoms with E-state index in [9.17, 15) is 4.79 Å². The highest BCUT2D eigenvalue weighted by Crippen LogP contribution is 2.33. The third-order valence-electron chi connectivity index (χ3n) is 3.37. The second-order valence-electron chi connectivity index (χ2n) is 4.88. The van der Waals surface area contributed by atoms with Crippen LogP contribution in [0.15, 0.2) is 30.3 Å². The van der Waals surface area contributed by atoms with Gasteiger partial charge in [0, 0.05) is 18.7 Å². The SMILES string of the molecule is O=C(N[C@@H](N1CCCCC1)C(Cl)(Cl)Cl)c1ccccc1. The van der Waals surface area contributed by atoms with Crippen molar-refractivity contribution in [3.05, 3.63) is 35.9 Å². The molecule has 0 aliphatic carbocycles. The molecular weight excluding hydrogens is 319 g/mol. The van der Waals surface area contributed by atoms with Gasteiger partial charge in [-0.3, -0.25) is 9.69 Å². The smallest absolute Gasteiger partial charge is 0.252 e. The summed E-state index contributed by atoms with van der Waals surface area (Å²) in [6.07, 6.45) is 2.67. The molecule has 1 saturated heterocycles. The van der Waals surface area contributed by atoms with Crippen LogP contribution in [0.4, 0.5) is 0 Å². The summed E-state index contributed by atoms with van der Waals surface area (Å²) in [5, 5.41) is 2.83. The number of carbonyl (C=O) groups is 1. The van der Waals surface area contributed by atoms with E-state index in [0.29, 0.717) is 5.56 Å². The van der Waals surface area contributed by atoms with Gasteiger partial charge in [-0.1, -0.05) is 59.4 Å². The molecule has 1 aromatic rings. The van der Waals surface area contributed by atoms with E-state index in [0.717, 1.165) is 25.9 Å². The molecule has 0 saturated carbocycles. The molecule has 1 N–H and O–H groups in total. The third-order valence-corrected chi connectivity index (χ3v) is 3.99. The van der Waals surface area contributed by atoms with Crippen LogP contribution in [-0.2, 0) is 0 Å². The molecule has 0 aromatic heterocycles. The van der Waals surface area contributed by atoms with Crippen molar-refractivity contribution in [1.82, 2.24) is 10.2 Å². The summed E-state index contributed by atoms with van der Waals surface area (Å²) in [4.78, 5) is 14.3. The van der Waals surface area contributed by atoms with Crippen LogP contribution in [0.2, 0.25) is 0 Å². The number of carbonyl (C=O) groups excluding carboxylic acids is 1. The number of hydrogen-bond acceptors (Lipinski definition) is 2. The number of nitrogens with one attached hydrogen (secondary N) is 1. The zero-order chi connectivity index (χ0) is 14.6. The van der Waals surface area contributed by atoms with E-state index in [2.05, 4.69) is 5.32 Å². The Kier molecular flexibility index (Phi) is 5.56. The molecule has 1 heterocycles. The summed E-state index contributed by atoms with van der Waals surface area (Å²) in [5.41, 5.74) is 0.559. The Hall–Kier alpha value is -0.480. The van der Waals surface area contributed by atoms with Crippen LogP contribution < -0.4 is 5.32 Å². The van der Waals surface area contributed by atoms with E-state index < -0.39 is 9.96 Å². The maximum Gasteiger partial charge on any atom is 0.252 e. The molecule has 0 radical (unpaired) electrons. The average Bonchev–Trinajstić information content (AvgIpc) is 2.45.